The minimum absolute atomic E-state index is 0.161. The van der Waals surface area contributed by atoms with E-state index in [1.807, 2.05) is 18.2 Å². The largest absolute Gasteiger partial charge is 0.320 e. The van der Waals surface area contributed by atoms with Crippen LogP contribution in [-0.4, -0.2) is 21.9 Å². The number of carbonyl (C=O) groups is 2. The number of hydrogen-bond donors (Lipinski definition) is 2. The van der Waals surface area contributed by atoms with Gasteiger partial charge in [0.05, 0.1) is 11.4 Å². The van der Waals surface area contributed by atoms with Crippen molar-refractivity contribution in [2.75, 3.05) is 5.32 Å². The van der Waals surface area contributed by atoms with E-state index in [0.717, 1.165) is 5.56 Å². The second-order valence-electron chi connectivity index (χ2n) is 6.37. The molecule has 2 N–H and O–H groups in total. The number of para-hydroxylation sites is 1. The number of aromatic nitrogens is 2. The normalized spacial score (nSPS) is 10.5. The van der Waals surface area contributed by atoms with Crippen molar-refractivity contribution < 1.29 is 9.59 Å². The Morgan fingerprint density at radius 3 is 2.41 bits per heavy atom. The molecular weight excluding hydrogens is 386 g/mol. The topological polar surface area (TPSA) is 74.8 Å². The molecule has 142 valence electrons. The smallest absolute Gasteiger partial charge is 0.273 e. The van der Waals surface area contributed by atoms with Crippen LogP contribution in [0.3, 0.4) is 0 Å². The number of nitrogens with zero attached hydrogens (tertiary/aromatic N) is 1. The summed E-state index contributed by atoms with van der Waals surface area (Å²) >= 11 is 6.02. The number of anilines is 1. The van der Waals surface area contributed by atoms with Gasteiger partial charge in [-0.3, -0.25) is 14.7 Å². The molecular formula is C23H16ClN3O2. The zero-order valence-corrected chi connectivity index (χ0v) is 16.0. The molecule has 3 aromatic carbocycles. The van der Waals surface area contributed by atoms with Crippen molar-refractivity contribution in [3.8, 4) is 11.3 Å². The molecule has 0 radical (unpaired) electrons. The van der Waals surface area contributed by atoms with Gasteiger partial charge in [-0.2, -0.15) is 5.10 Å². The van der Waals surface area contributed by atoms with E-state index in [0.29, 0.717) is 27.5 Å². The van der Waals surface area contributed by atoms with Crippen LogP contribution >= 0.6 is 11.6 Å². The first-order chi connectivity index (χ1) is 14.1. The van der Waals surface area contributed by atoms with Crippen LogP contribution in [-0.2, 0) is 0 Å². The predicted octanol–water partition coefficient (Wildman–Crippen LogP) is 5.21. The van der Waals surface area contributed by atoms with E-state index < -0.39 is 0 Å². The van der Waals surface area contributed by atoms with E-state index in [1.54, 1.807) is 66.7 Å². The Kier molecular flexibility index (Phi) is 5.22. The fourth-order valence-corrected chi connectivity index (χ4v) is 3.15. The average Bonchev–Trinajstić information content (AvgIpc) is 3.25. The van der Waals surface area contributed by atoms with Crippen LogP contribution in [0.25, 0.3) is 11.3 Å². The highest BCUT2D eigenvalue weighted by Gasteiger charge is 2.17. The molecule has 1 heterocycles. The zero-order chi connectivity index (χ0) is 20.2. The van der Waals surface area contributed by atoms with E-state index in [2.05, 4.69) is 15.5 Å². The number of H-pyrrole nitrogens is 1. The SMILES string of the molecule is O=C(Nc1ccccc1C(=O)c1ccccc1)c1cc(-c2cccc(Cl)c2)n[nH]1. The minimum Gasteiger partial charge on any atom is -0.320 e. The second-order valence-corrected chi connectivity index (χ2v) is 6.81. The molecule has 29 heavy (non-hydrogen) atoms. The lowest BCUT2D eigenvalue weighted by Crippen LogP contribution is -2.15. The third-order valence-electron chi connectivity index (χ3n) is 4.40. The number of halogens is 1. The molecule has 0 fully saturated rings. The highest BCUT2D eigenvalue weighted by atomic mass is 35.5. The van der Waals surface area contributed by atoms with Crippen molar-refractivity contribution in [3.63, 3.8) is 0 Å². The maximum absolute atomic E-state index is 12.8. The number of ketones is 1. The summed E-state index contributed by atoms with van der Waals surface area (Å²) in [6.45, 7) is 0. The average molecular weight is 402 g/mol. The lowest BCUT2D eigenvalue weighted by molar-refractivity contribution is 0.102. The van der Waals surface area contributed by atoms with Crippen LogP contribution in [0.2, 0.25) is 5.02 Å². The third kappa shape index (κ3) is 4.10. The van der Waals surface area contributed by atoms with Crippen LogP contribution in [0, 0.1) is 0 Å². The molecule has 1 aromatic heterocycles. The Hall–Kier alpha value is -3.70. The first-order valence-corrected chi connectivity index (χ1v) is 9.31. The molecule has 0 unspecified atom stereocenters. The zero-order valence-electron chi connectivity index (χ0n) is 15.2. The molecule has 0 saturated carbocycles. The minimum atomic E-state index is -0.390. The van der Waals surface area contributed by atoms with Gasteiger partial charge in [-0.15, -0.1) is 0 Å². The highest BCUT2D eigenvalue weighted by molar-refractivity contribution is 6.30. The van der Waals surface area contributed by atoms with Gasteiger partial charge in [-0.25, -0.2) is 0 Å². The van der Waals surface area contributed by atoms with Crippen LogP contribution in [0.5, 0.6) is 0 Å². The monoisotopic (exact) mass is 401 g/mol. The molecule has 0 aliphatic carbocycles. The van der Waals surface area contributed by atoms with E-state index in [4.69, 9.17) is 11.6 Å². The van der Waals surface area contributed by atoms with Crippen LogP contribution in [0.15, 0.2) is 84.9 Å². The molecule has 0 atom stereocenters. The van der Waals surface area contributed by atoms with E-state index >= 15 is 0 Å². The Morgan fingerprint density at radius 2 is 1.62 bits per heavy atom. The summed E-state index contributed by atoms with van der Waals surface area (Å²) < 4.78 is 0. The maximum Gasteiger partial charge on any atom is 0.273 e. The van der Waals surface area contributed by atoms with Gasteiger partial charge in [0.1, 0.15) is 5.69 Å². The maximum atomic E-state index is 12.8. The summed E-state index contributed by atoms with van der Waals surface area (Å²) in [4.78, 5) is 25.5. The lowest BCUT2D eigenvalue weighted by Gasteiger charge is -2.09. The number of benzene rings is 3. The number of nitrogens with one attached hydrogen (secondary N) is 2. The first-order valence-electron chi connectivity index (χ1n) is 8.93. The van der Waals surface area contributed by atoms with Crippen LogP contribution in [0.1, 0.15) is 26.4 Å². The summed E-state index contributed by atoms with van der Waals surface area (Å²) in [5, 5.41) is 10.3. The molecule has 0 saturated heterocycles. The fourth-order valence-electron chi connectivity index (χ4n) is 2.96. The number of aromatic amines is 1. The Balaban J connectivity index is 1.58. The fraction of sp³-hybridized carbons (Fsp3) is 0. The summed E-state index contributed by atoms with van der Waals surface area (Å²) in [5.41, 5.74) is 3.09. The van der Waals surface area contributed by atoms with Gasteiger partial charge in [0.25, 0.3) is 5.91 Å². The number of hydrogen-bond acceptors (Lipinski definition) is 3. The van der Waals surface area contributed by atoms with Crippen LogP contribution < -0.4 is 5.32 Å². The van der Waals surface area contributed by atoms with Crippen molar-refractivity contribution in [2.24, 2.45) is 0 Å². The number of rotatable bonds is 5. The number of amides is 1. The Morgan fingerprint density at radius 1 is 0.862 bits per heavy atom. The number of carbonyl (C=O) groups excluding carboxylic acids is 2. The molecule has 4 rings (SSSR count). The van der Waals surface area contributed by atoms with Gasteiger partial charge in [0.2, 0.25) is 0 Å². The summed E-state index contributed by atoms with van der Waals surface area (Å²) in [6, 6.07) is 24.7. The lowest BCUT2D eigenvalue weighted by atomic mass is 10.0. The quantitative estimate of drug-likeness (QED) is 0.450. The molecule has 6 heteroatoms. The molecule has 0 aliphatic heterocycles. The van der Waals surface area contributed by atoms with E-state index in [-0.39, 0.29) is 17.4 Å². The second kappa shape index (κ2) is 8.12. The molecule has 0 bridgehead atoms. The van der Waals surface area contributed by atoms with Crippen molar-refractivity contribution in [3.05, 3.63) is 107 Å². The Labute approximate surface area is 172 Å². The standard InChI is InChI=1S/C23H16ClN3O2/c24-17-10-6-9-16(13-17)20-14-21(27-26-20)23(29)25-19-12-5-4-11-18(19)22(28)15-7-2-1-3-8-15/h1-14H,(H,25,29)(H,26,27). The molecule has 0 spiro atoms. The van der Waals surface area contributed by atoms with Crippen LogP contribution in [0.4, 0.5) is 5.69 Å². The molecule has 5 nitrogen and oxygen atoms in total. The Bertz CT molecular complexity index is 1190. The van der Waals surface area contributed by atoms with Gasteiger partial charge < -0.3 is 5.32 Å². The van der Waals surface area contributed by atoms with E-state index in [1.165, 1.54) is 0 Å². The van der Waals surface area contributed by atoms with Gasteiger partial charge >= 0.3 is 0 Å². The van der Waals surface area contributed by atoms with Gasteiger partial charge in [-0.05, 0) is 30.3 Å². The van der Waals surface area contributed by atoms with Crippen molar-refractivity contribution >= 4 is 29.0 Å². The van der Waals surface area contributed by atoms with Crippen molar-refractivity contribution in [1.29, 1.82) is 0 Å². The van der Waals surface area contributed by atoms with Crippen molar-refractivity contribution in [2.45, 2.75) is 0 Å². The molecule has 4 aromatic rings. The van der Waals surface area contributed by atoms with Gasteiger partial charge in [0, 0.05) is 21.7 Å². The molecule has 0 aliphatic rings. The van der Waals surface area contributed by atoms with Gasteiger partial charge in [-0.1, -0.05) is 66.2 Å². The highest BCUT2D eigenvalue weighted by Crippen LogP contribution is 2.23. The summed E-state index contributed by atoms with van der Waals surface area (Å²) in [6.07, 6.45) is 0. The predicted molar refractivity (Wildman–Crippen MR) is 113 cm³/mol. The first kappa shape index (κ1) is 18.7. The summed E-state index contributed by atoms with van der Waals surface area (Å²) in [5.74, 6) is -0.551. The molecule has 1 amide bonds. The van der Waals surface area contributed by atoms with E-state index in [9.17, 15) is 9.59 Å². The van der Waals surface area contributed by atoms with Crippen molar-refractivity contribution in [1.82, 2.24) is 10.2 Å². The third-order valence-corrected chi connectivity index (χ3v) is 4.63. The van der Waals surface area contributed by atoms with Gasteiger partial charge in [0.15, 0.2) is 5.78 Å². The summed E-state index contributed by atoms with van der Waals surface area (Å²) in [7, 11) is 0.